The number of nitrogens with zero attached hydrogens (tertiary/aromatic N) is 1. The summed E-state index contributed by atoms with van der Waals surface area (Å²) in [4.78, 5) is 15.2. The van der Waals surface area contributed by atoms with Crippen LogP contribution in [0.2, 0.25) is 10.0 Å². The molecule has 3 aromatic rings. The van der Waals surface area contributed by atoms with Crippen LogP contribution < -0.4 is 9.47 Å². The van der Waals surface area contributed by atoms with E-state index < -0.39 is 0 Å². The lowest BCUT2D eigenvalue weighted by Gasteiger charge is -2.37. The molecule has 7 heteroatoms. The van der Waals surface area contributed by atoms with Crippen LogP contribution in [0.1, 0.15) is 42.3 Å². The molecule has 0 saturated carbocycles. The summed E-state index contributed by atoms with van der Waals surface area (Å²) in [6.45, 7) is 6.56. The number of carbonyl (C=O) groups is 1. The molecule has 0 radical (unpaired) electrons. The number of hydrogen-bond acceptors (Lipinski definition) is 3. The molecule has 1 atom stereocenters. The Labute approximate surface area is 209 Å². The average molecular weight is 502 g/mol. The lowest BCUT2D eigenvalue weighted by molar-refractivity contribution is 0.0566. The summed E-state index contributed by atoms with van der Waals surface area (Å²) in [6, 6.07) is 16.6. The van der Waals surface area contributed by atoms with E-state index >= 15 is 0 Å². The van der Waals surface area contributed by atoms with E-state index in [1.807, 2.05) is 45.0 Å². The van der Waals surface area contributed by atoms with Crippen molar-refractivity contribution in [2.75, 3.05) is 6.61 Å². The Bertz CT molecular complexity index is 1190. The van der Waals surface area contributed by atoms with Gasteiger partial charge in [0.05, 0.1) is 16.1 Å². The van der Waals surface area contributed by atoms with E-state index in [9.17, 15) is 9.18 Å². The third kappa shape index (κ3) is 5.83. The lowest BCUT2D eigenvalue weighted by atomic mass is 9.93. The summed E-state index contributed by atoms with van der Waals surface area (Å²) in [5.74, 6) is 0.930. The van der Waals surface area contributed by atoms with E-state index in [-0.39, 0.29) is 30.0 Å². The van der Waals surface area contributed by atoms with Crippen LogP contribution in [-0.2, 0) is 13.0 Å². The highest BCUT2D eigenvalue weighted by Crippen LogP contribution is 2.29. The first-order valence-corrected chi connectivity index (χ1v) is 11.8. The maximum absolute atomic E-state index is 13.9. The van der Waals surface area contributed by atoms with Crippen molar-refractivity contribution in [1.29, 1.82) is 0 Å². The van der Waals surface area contributed by atoms with Gasteiger partial charge in [-0.05, 0) is 92.9 Å². The second-order valence-electron chi connectivity index (χ2n) is 9.33. The zero-order valence-electron chi connectivity index (χ0n) is 19.3. The van der Waals surface area contributed by atoms with Crippen LogP contribution in [0.15, 0.2) is 60.7 Å². The van der Waals surface area contributed by atoms with Gasteiger partial charge in [0.15, 0.2) is 0 Å². The first-order chi connectivity index (χ1) is 16.1. The molecule has 3 aromatic carbocycles. The Kier molecular flexibility index (Phi) is 7.06. The summed E-state index contributed by atoms with van der Waals surface area (Å²) >= 11 is 12.2. The van der Waals surface area contributed by atoms with Gasteiger partial charge >= 0.3 is 0 Å². The Morgan fingerprint density at radius 3 is 2.35 bits per heavy atom. The van der Waals surface area contributed by atoms with Gasteiger partial charge in [-0.15, -0.1) is 0 Å². The average Bonchev–Trinajstić information content (AvgIpc) is 2.78. The van der Waals surface area contributed by atoms with E-state index in [2.05, 4.69) is 0 Å². The SMILES string of the molecule is CC(C)(C)Oc1ccc(OC[C@@H]2Cc3cc(F)ccc3CN2C(=O)c2ccc(Cl)c(Cl)c2)cc1. The smallest absolute Gasteiger partial charge is 0.254 e. The predicted molar refractivity (Wildman–Crippen MR) is 133 cm³/mol. The first kappa shape index (κ1) is 24.4. The van der Waals surface area contributed by atoms with Crippen molar-refractivity contribution in [3.8, 4) is 11.5 Å². The van der Waals surface area contributed by atoms with Gasteiger partial charge in [0.1, 0.15) is 29.5 Å². The van der Waals surface area contributed by atoms with Gasteiger partial charge in [-0.2, -0.15) is 0 Å². The van der Waals surface area contributed by atoms with Crippen molar-refractivity contribution in [3.63, 3.8) is 0 Å². The lowest BCUT2D eigenvalue weighted by Crippen LogP contribution is -2.47. The monoisotopic (exact) mass is 501 g/mol. The number of rotatable bonds is 5. The summed E-state index contributed by atoms with van der Waals surface area (Å²) in [5, 5.41) is 0.703. The Morgan fingerprint density at radius 1 is 0.971 bits per heavy atom. The molecule has 0 aliphatic carbocycles. The second-order valence-corrected chi connectivity index (χ2v) is 10.1. The van der Waals surface area contributed by atoms with Crippen molar-refractivity contribution in [1.82, 2.24) is 4.90 Å². The molecule has 4 nitrogen and oxygen atoms in total. The Balaban J connectivity index is 1.54. The van der Waals surface area contributed by atoms with Crippen LogP contribution in [0.25, 0.3) is 0 Å². The number of ether oxygens (including phenoxy) is 2. The van der Waals surface area contributed by atoms with Gasteiger partial charge < -0.3 is 14.4 Å². The van der Waals surface area contributed by atoms with Crippen LogP contribution in [0.3, 0.4) is 0 Å². The number of hydrogen-bond donors (Lipinski definition) is 0. The fourth-order valence-electron chi connectivity index (χ4n) is 3.95. The summed E-state index contributed by atoms with van der Waals surface area (Å²) < 4.78 is 25.8. The minimum atomic E-state index is -0.294. The highest BCUT2D eigenvalue weighted by Gasteiger charge is 2.31. The van der Waals surface area contributed by atoms with Crippen molar-refractivity contribution in [2.45, 2.75) is 45.4 Å². The highest BCUT2D eigenvalue weighted by atomic mass is 35.5. The predicted octanol–water partition coefficient (Wildman–Crippen LogP) is 6.96. The molecule has 0 N–H and O–H groups in total. The van der Waals surface area contributed by atoms with Gasteiger partial charge in [-0.3, -0.25) is 4.79 Å². The van der Waals surface area contributed by atoms with Gasteiger partial charge in [-0.1, -0.05) is 29.3 Å². The van der Waals surface area contributed by atoms with Crippen LogP contribution in [0.4, 0.5) is 4.39 Å². The van der Waals surface area contributed by atoms with Crippen LogP contribution >= 0.6 is 23.2 Å². The van der Waals surface area contributed by atoms with Crippen molar-refractivity contribution < 1.29 is 18.7 Å². The molecule has 1 amide bonds. The standard InChI is InChI=1S/C27H26Cl2FNO3/c1-27(2,3)34-23-9-7-22(8-10-23)33-16-21-13-19-12-20(30)6-4-18(19)15-31(21)26(32)17-5-11-24(28)25(29)14-17/h4-12,14,21H,13,15-16H2,1-3H3/t21-/m0/s1. The highest BCUT2D eigenvalue weighted by molar-refractivity contribution is 6.42. The van der Waals surface area contributed by atoms with Gasteiger partial charge in [0, 0.05) is 12.1 Å². The zero-order valence-corrected chi connectivity index (χ0v) is 20.8. The largest absolute Gasteiger partial charge is 0.491 e. The normalized spacial score (nSPS) is 15.6. The molecule has 0 saturated heterocycles. The molecule has 1 heterocycles. The van der Waals surface area contributed by atoms with Crippen LogP contribution in [-0.4, -0.2) is 29.1 Å². The number of carbonyl (C=O) groups excluding carboxylic acids is 1. The fourth-order valence-corrected chi connectivity index (χ4v) is 4.24. The van der Waals surface area contributed by atoms with E-state index in [4.69, 9.17) is 32.7 Å². The Morgan fingerprint density at radius 2 is 1.68 bits per heavy atom. The molecular formula is C27H26Cl2FNO3. The van der Waals surface area contributed by atoms with E-state index in [1.54, 1.807) is 29.2 Å². The van der Waals surface area contributed by atoms with Crippen LogP contribution in [0.5, 0.6) is 11.5 Å². The molecule has 4 rings (SSSR count). The maximum Gasteiger partial charge on any atom is 0.254 e. The summed E-state index contributed by atoms with van der Waals surface area (Å²) in [5.41, 5.74) is 1.93. The van der Waals surface area contributed by atoms with Crippen molar-refractivity contribution in [3.05, 3.63) is 93.2 Å². The maximum atomic E-state index is 13.9. The zero-order chi connectivity index (χ0) is 24.5. The molecule has 0 unspecified atom stereocenters. The molecule has 178 valence electrons. The topological polar surface area (TPSA) is 38.8 Å². The molecular weight excluding hydrogens is 476 g/mol. The molecule has 1 aliphatic heterocycles. The number of benzene rings is 3. The van der Waals surface area contributed by atoms with Crippen LogP contribution in [0, 0.1) is 5.82 Å². The van der Waals surface area contributed by atoms with E-state index in [0.29, 0.717) is 34.3 Å². The second kappa shape index (κ2) is 9.85. The number of amides is 1. The van der Waals surface area contributed by atoms with Crippen molar-refractivity contribution >= 4 is 29.1 Å². The molecule has 1 aliphatic rings. The minimum absolute atomic E-state index is 0.184. The van der Waals surface area contributed by atoms with Gasteiger partial charge in [0.2, 0.25) is 0 Å². The number of halogens is 3. The summed E-state index contributed by atoms with van der Waals surface area (Å²) in [7, 11) is 0. The Hall–Kier alpha value is -2.76. The first-order valence-electron chi connectivity index (χ1n) is 11.0. The third-order valence-corrected chi connectivity index (χ3v) is 6.26. The molecule has 0 bridgehead atoms. The number of fused-ring (bicyclic) bond motifs is 1. The molecule has 0 aromatic heterocycles. The fraction of sp³-hybridized carbons (Fsp3) is 0.296. The van der Waals surface area contributed by atoms with Crippen molar-refractivity contribution in [2.24, 2.45) is 0 Å². The molecule has 34 heavy (non-hydrogen) atoms. The minimum Gasteiger partial charge on any atom is -0.491 e. The van der Waals surface area contributed by atoms with Gasteiger partial charge in [0.25, 0.3) is 5.91 Å². The molecule has 0 spiro atoms. The quantitative estimate of drug-likeness (QED) is 0.379. The van der Waals surface area contributed by atoms with Gasteiger partial charge in [-0.25, -0.2) is 4.39 Å². The molecule has 0 fully saturated rings. The van der Waals surface area contributed by atoms with E-state index in [1.165, 1.54) is 12.1 Å². The van der Waals surface area contributed by atoms with E-state index in [0.717, 1.165) is 16.9 Å². The summed E-state index contributed by atoms with van der Waals surface area (Å²) in [6.07, 6.45) is 0.478. The third-order valence-electron chi connectivity index (χ3n) is 5.52.